The van der Waals surface area contributed by atoms with E-state index in [9.17, 15) is 21.6 Å². The van der Waals surface area contributed by atoms with Gasteiger partial charge in [0.25, 0.3) is 0 Å². The number of pyridine rings is 1. The van der Waals surface area contributed by atoms with Gasteiger partial charge in [0.15, 0.2) is 14.9 Å². The highest BCUT2D eigenvalue weighted by Crippen LogP contribution is 2.36. The van der Waals surface area contributed by atoms with E-state index in [4.69, 9.17) is 0 Å². The van der Waals surface area contributed by atoms with Crippen molar-refractivity contribution in [2.24, 2.45) is 0 Å². The summed E-state index contributed by atoms with van der Waals surface area (Å²) < 4.78 is 63.3. The van der Waals surface area contributed by atoms with Crippen LogP contribution in [0.1, 0.15) is 12.5 Å². The van der Waals surface area contributed by atoms with E-state index in [0.29, 0.717) is 15.3 Å². The average molecular weight is 372 g/mol. The quantitative estimate of drug-likeness (QED) is 0.692. The van der Waals surface area contributed by atoms with Gasteiger partial charge in [0, 0.05) is 11.8 Å². The van der Waals surface area contributed by atoms with E-state index < -0.39 is 21.6 Å². The lowest BCUT2D eigenvalue weighted by molar-refractivity contribution is -0.137. The topological polar surface area (TPSA) is 59.9 Å². The summed E-state index contributed by atoms with van der Waals surface area (Å²) in [6.07, 6.45) is -3.09. The minimum Gasteiger partial charge on any atom is -0.244 e. The van der Waals surface area contributed by atoms with Crippen LogP contribution < -0.4 is 0 Å². The first-order chi connectivity index (χ1) is 11.2. The molecule has 0 fully saturated rings. The third-order valence-electron chi connectivity index (χ3n) is 3.39. The van der Waals surface area contributed by atoms with Crippen LogP contribution in [0.3, 0.4) is 0 Å². The molecule has 4 nitrogen and oxygen atoms in total. The molecule has 0 aliphatic carbocycles. The van der Waals surface area contributed by atoms with Crippen LogP contribution in [-0.2, 0) is 16.0 Å². The molecule has 0 aliphatic rings. The van der Waals surface area contributed by atoms with Crippen LogP contribution in [0.5, 0.6) is 0 Å². The van der Waals surface area contributed by atoms with Gasteiger partial charge in [-0.2, -0.15) is 13.2 Å². The van der Waals surface area contributed by atoms with Crippen LogP contribution in [0.2, 0.25) is 0 Å². The molecule has 0 amide bonds. The molecule has 2 aromatic heterocycles. The Hall–Kier alpha value is -2.00. The molecule has 0 aliphatic heterocycles. The molecular formula is C15H11F3N2O2S2. The third-order valence-corrected chi connectivity index (χ3v) is 6.14. The van der Waals surface area contributed by atoms with Crippen LogP contribution in [0.4, 0.5) is 13.2 Å². The Morgan fingerprint density at radius 1 is 1.21 bits per heavy atom. The van der Waals surface area contributed by atoms with Gasteiger partial charge in [0.05, 0.1) is 21.5 Å². The molecule has 126 valence electrons. The standard InChI is InChI=1S/C15H11F3N2O2S2/c1-2-24(21,22)14-10(4-3-7-19-14)13-20-11-8-9(15(16,17)18)5-6-12(11)23-13/h3-8H,2H2,1H3. The molecule has 1 aromatic carbocycles. The number of hydrogen-bond acceptors (Lipinski definition) is 5. The minimum atomic E-state index is -4.46. The number of aromatic nitrogens is 2. The summed E-state index contributed by atoms with van der Waals surface area (Å²) in [5.41, 5.74) is -0.318. The van der Waals surface area contributed by atoms with Crippen molar-refractivity contribution in [2.75, 3.05) is 5.75 Å². The highest BCUT2D eigenvalue weighted by atomic mass is 32.2. The van der Waals surface area contributed by atoms with Crippen molar-refractivity contribution in [3.63, 3.8) is 0 Å². The predicted molar refractivity (Wildman–Crippen MR) is 85.6 cm³/mol. The number of benzene rings is 1. The maximum absolute atomic E-state index is 12.8. The Morgan fingerprint density at radius 3 is 2.62 bits per heavy atom. The molecule has 3 aromatic rings. The maximum atomic E-state index is 12.8. The van der Waals surface area contributed by atoms with E-state index in [0.717, 1.165) is 23.5 Å². The minimum absolute atomic E-state index is 0.109. The number of thiazole rings is 1. The number of alkyl halides is 3. The van der Waals surface area contributed by atoms with Gasteiger partial charge in [-0.1, -0.05) is 6.92 Å². The summed E-state index contributed by atoms with van der Waals surface area (Å²) in [5, 5.41) is 0.215. The zero-order valence-electron chi connectivity index (χ0n) is 12.3. The molecule has 0 radical (unpaired) electrons. The van der Waals surface area contributed by atoms with E-state index in [2.05, 4.69) is 9.97 Å². The highest BCUT2D eigenvalue weighted by Gasteiger charge is 2.31. The fraction of sp³-hybridized carbons (Fsp3) is 0.200. The van der Waals surface area contributed by atoms with E-state index in [-0.39, 0.29) is 16.3 Å². The number of hydrogen-bond donors (Lipinski definition) is 0. The van der Waals surface area contributed by atoms with Crippen LogP contribution in [-0.4, -0.2) is 24.1 Å². The van der Waals surface area contributed by atoms with Gasteiger partial charge in [-0.05, 0) is 30.3 Å². The van der Waals surface area contributed by atoms with Crippen molar-refractivity contribution in [3.05, 3.63) is 42.1 Å². The van der Waals surface area contributed by atoms with Crippen molar-refractivity contribution < 1.29 is 21.6 Å². The Labute approximate surface area is 139 Å². The Balaban J connectivity index is 2.18. The molecule has 0 N–H and O–H groups in total. The maximum Gasteiger partial charge on any atom is 0.416 e. The van der Waals surface area contributed by atoms with Gasteiger partial charge in [0.2, 0.25) is 0 Å². The zero-order chi connectivity index (χ0) is 17.5. The molecule has 0 saturated carbocycles. The van der Waals surface area contributed by atoms with Crippen molar-refractivity contribution in [1.82, 2.24) is 9.97 Å². The van der Waals surface area contributed by atoms with E-state index in [1.807, 2.05) is 0 Å². The lowest BCUT2D eigenvalue weighted by Crippen LogP contribution is -2.07. The fourth-order valence-electron chi connectivity index (χ4n) is 2.16. The molecule has 24 heavy (non-hydrogen) atoms. The van der Waals surface area contributed by atoms with Gasteiger partial charge in [-0.25, -0.2) is 18.4 Å². The first kappa shape index (κ1) is 16.8. The van der Waals surface area contributed by atoms with Gasteiger partial charge in [0.1, 0.15) is 5.01 Å². The van der Waals surface area contributed by atoms with Gasteiger partial charge >= 0.3 is 6.18 Å². The lowest BCUT2D eigenvalue weighted by Gasteiger charge is -2.05. The first-order valence-corrected chi connectivity index (χ1v) is 9.35. The Bertz CT molecular complexity index is 1010. The molecule has 0 atom stereocenters. The Morgan fingerprint density at radius 2 is 1.96 bits per heavy atom. The van der Waals surface area contributed by atoms with E-state index in [1.165, 1.54) is 19.2 Å². The summed E-state index contributed by atoms with van der Waals surface area (Å²) >= 11 is 1.13. The summed E-state index contributed by atoms with van der Waals surface area (Å²) in [7, 11) is -3.57. The molecule has 9 heteroatoms. The predicted octanol–water partition coefficient (Wildman–Crippen LogP) is 4.17. The van der Waals surface area contributed by atoms with E-state index >= 15 is 0 Å². The summed E-state index contributed by atoms with van der Waals surface area (Å²) in [6.45, 7) is 1.50. The van der Waals surface area contributed by atoms with Crippen LogP contribution >= 0.6 is 11.3 Å². The highest BCUT2D eigenvalue weighted by molar-refractivity contribution is 7.91. The number of rotatable bonds is 3. The average Bonchev–Trinajstić information content (AvgIpc) is 2.97. The molecule has 2 heterocycles. The summed E-state index contributed by atoms with van der Waals surface area (Å²) in [6, 6.07) is 6.40. The number of halogens is 3. The van der Waals surface area contributed by atoms with E-state index in [1.54, 1.807) is 12.1 Å². The molecule has 3 rings (SSSR count). The first-order valence-electron chi connectivity index (χ1n) is 6.88. The summed E-state index contributed by atoms with van der Waals surface area (Å²) in [5.74, 6) is -0.125. The molecule has 0 spiro atoms. The molecule has 0 bridgehead atoms. The SMILES string of the molecule is CCS(=O)(=O)c1ncccc1-c1nc2cc(C(F)(F)F)ccc2s1. The second-order valence-corrected chi connectivity index (χ2v) is 8.18. The lowest BCUT2D eigenvalue weighted by atomic mass is 10.2. The second kappa shape index (κ2) is 5.82. The van der Waals surface area contributed by atoms with Crippen LogP contribution in [0, 0.1) is 0 Å². The Kier molecular flexibility index (Phi) is 4.08. The summed E-state index contributed by atoms with van der Waals surface area (Å²) in [4.78, 5) is 8.10. The van der Waals surface area contributed by atoms with Crippen molar-refractivity contribution in [1.29, 1.82) is 0 Å². The third kappa shape index (κ3) is 3.01. The van der Waals surface area contributed by atoms with Gasteiger partial charge in [-0.15, -0.1) is 11.3 Å². The second-order valence-electron chi connectivity index (χ2n) is 4.96. The van der Waals surface area contributed by atoms with Crippen molar-refractivity contribution >= 4 is 31.4 Å². The van der Waals surface area contributed by atoms with Crippen LogP contribution in [0.25, 0.3) is 20.8 Å². The number of sulfone groups is 1. The van der Waals surface area contributed by atoms with Crippen molar-refractivity contribution in [3.8, 4) is 10.6 Å². The van der Waals surface area contributed by atoms with Crippen molar-refractivity contribution in [2.45, 2.75) is 18.1 Å². The van der Waals surface area contributed by atoms with Gasteiger partial charge < -0.3 is 0 Å². The smallest absolute Gasteiger partial charge is 0.244 e. The van der Waals surface area contributed by atoms with Gasteiger partial charge in [-0.3, -0.25) is 0 Å². The normalized spacial score (nSPS) is 12.7. The largest absolute Gasteiger partial charge is 0.416 e. The fourth-order valence-corrected chi connectivity index (χ4v) is 4.19. The molecule has 0 saturated heterocycles. The monoisotopic (exact) mass is 372 g/mol. The van der Waals surface area contributed by atoms with Crippen LogP contribution in [0.15, 0.2) is 41.6 Å². The number of fused-ring (bicyclic) bond motifs is 1. The molecular weight excluding hydrogens is 361 g/mol. The molecule has 0 unspecified atom stereocenters. The zero-order valence-corrected chi connectivity index (χ0v) is 14.0. The number of nitrogens with zero attached hydrogens (tertiary/aromatic N) is 2.